The lowest BCUT2D eigenvalue weighted by Crippen LogP contribution is -2.30. The van der Waals surface area contributed by atoms with Crippen molar-refractivity contribution in [3.63, 3.8) is 0 Å². The van der Waals surface area contributed by atoms with Crippen molar-refractivity contribution >= 4 is 21.9 Å². The van der Waals surface area contributed by atoms with Crippen molar-refractivity contribution in [2.24, 2.45) is 18.9 Å². The number of hydrogen-bond donors (Lipinski definition) is 0. The molecule has 2 saturated carbocycles. The highest BCUT2D eigenvalue weighted by atomic mass is 19.1. The highest BCUT2D eigenvalue weighted by Crippen LogP contribution is 2.46. The fraction of sp³-hybridized carbons (Fsp3) is 0.452. The van der Waals surface area contributed by atoms with Gasteiger partial charge >= 0.3 is 0 Å². The standard InChI is InChI=1S/C31H35FNO/c1-20-19-26(32)29-25-12-8-11-24(23-16-14-22(15-17-23)21-9-4-3-5-10-21)30(25)34-31(29)28(20)27-13-6-7-18-33(27)2/h6-8,11-13,18-19,21-23H,3-5,9-10,14-17H2,1-2H3/q+1. The Balaban J connectivity index is 1.42. The van der Waals surface area contributed by atoms with Crippen LogP contribution in [-0.4, -0.2) is 0 Å². The largest absolute Gasteiger partial charge is 0.455 e. The smallest absolute Gasteiger partial charge is 0.216 e. The van der Waals surface area contributed by atoms with Crippen LogP contribution in [0.15, 0.2) is 53.1 Å². The van der Waals surface area contributed by atoms with E-state index in [1.807, 2.05) is 38.4 Å². The van der Waals surface area contributed by atoms with E-state index in [1.54, 1.807) is 6.07 Å². The van der Waals surface area contributed by atoms with E-state index in [2.05, 4.69) is 22.8 Å². The Morgan fingerprint density at radius 3 is 2.38 bits per heavy atom. The average molecular weight is 457 g/mol. The number of para-hydroxylation sites is 1. The molecule has 0 amide bonds. The van der Waals surface area contributed by atoms with Crippen molar-refractivity contribution in [3.05, 3.63) is 65.6 Å². The Morgan fingerprint density at radius 1 is 0.853 bits per heavy atom. The van der Waals surface area contributed by atoms with Crippen molar-refractivity contribution in [3.8, 4) is 11.3 Å². The molecule has 0 N–H and O–H groups in total. The van der Waals surface area contributed by atoms with E-state index in [9.17, 15) is 0 Å². The van der Waals surface area contributed by atoms with E-state index >= 15 is 4.39 Å². The van der Waals surface area contributed by atoms with Crippen molar-refractivity contribution in [2.45, 2.75) is 70.6 Å². The molecule has 2 nitrogen and oxygen atoms in total. The van der Waals surface area contributed by atoms with E-state index in [-0.39, 0.29) is 5.82 Å². The summed E-state index contributed by atoms with van der Waals surface area (Å²) in [5.74, 6) is 2.16. The van der Waals surface area contributed by atoms with Crippen LogP contribution in [0.1, 0.15) is 74.8 Å². The molecule has 0 saturated heterocycles. The first-order chi connectivity index (χ1) is 16.6. The van der Waals surface area contributed by atoms with Gasteiger partial charge in [0.15, 0.2) is 11.8 Å². The molecular weight excluding hydrogens is 421 g/mol. The third-order valence-corrected chi connectivity index (χ3v) is 8.79. The first kappa shape index (κ1) is 21.8. The summed E-state index contributed by atoms with van der Waals surface area (Å²) >= 11 is 0. The van der Waals surface area contributed by atoms with E-state index in [4.69, 9.17) is 4.42 Å². The molecule has 0 aliphatic heterocycles. The summed E-state index contributed by atoms with van der Waals surface area (Å²) in [6, 6.07) is 14.2. The Bertz CT molecular complexity index is 1340. The molecule has 34 heavy (non-hydrogen) atoms. The van der Waals surface area contributed by atoms with Gasteiger partial charge in [-0.25, -0.2) is 8.96 Å². The van der Waals surface area contributed by atoms with Crippen LogP contribution in [0, 0.1) is 24.6 Å². The average Bonchev–Trinajstić information content (AvgIpc) is 3.26. The number of fused-ring (bicyclic) bond motifs is 3. The number of aromatic nitrogens is 1. The second kappa shape index (κ2) is 8.83. The van der Waals surface area contributed by atoms with Gasteiger partial charge in [-0.3, -0.25) is 0 Å². The molecule has 2 aromatic carbocycles. The topological polar surface area (TPSA) is 17.0 Å². The van der Waals surface area contributed by atoms with Gasteiger partial charge in [0, 0.05) is 17.5 Å². The summed E-state index contributed by atoms with van der Waals surface area (Å²) in [5.41, 5.74) is 5.78. The van der Waals surface area contributed by atoms with Crippen LogP contribution in [0.25, 0.3) is 33.2 Å². The number of nitrogens with zero attached hydrogens (tertiary/aromatic N) is 1. The van der Waals surface area contributed by atoms with Gasteiger partial charge in [0.25, 0.3) is 0 Å². The fourth-order valence-corrected chi connectivity index (χ4v) is 7.00. The van der Waals surface area contributed by atoms with Gasteiger partial charge in [0.1, 0.15) is 18.4 Å². The third-order valence-electron chi connectivity index (χ3n) is 8.79. The van der Waals surface area contributed by atoms with E-state index < -0.39 is 0 Å². The number of pyridine rings is 1. The van der Waals surface area contributed by atoms with Gasteiger partial charge < -0.3 is 4.42 Å². The van der Waals surface area contributed by atoms with Crippen LogP contribution < -0.4 is 4.57 Å². The zero-order valence-electron chi connectivity index (χ0n) is 20.4. The summed E-state index contributed by atoms with van der Waals surface area (Å²) in [4.78, 5) is 0. The third kappa shape index (κ3) is 3.65. The van der Waals surface area contributed by atoms with Crippen molar-refractivity contribution in [1.82, 2.24) is 0 Å². The van der Waals surface area contributed by atoms with Crippen LogP contribution in [0.2, 0.25) is 0 Å². The summed E-state index contributed by atoms with van der Waals surface area (Å²) in [7, 11) is 2.03. The predicted octanol–water partition coefficient (Wildman–Crippen LogP) is 8.38. The minimum Gasteiger partial charge on any atom is -0.455 e. The van der Waals surface area contributed by atoms with Crippen molar-refractivity contribution in [2.75, 3.05) is 0 Å². The SMILES string of the molecule is Cc1cc(F)c2c(oc3c(C4CCC(C5CCCCC5)CC4)cccc32)c1-c1cccc[n+]1C. The van der Waals surface area contributed by atoms with Crippen LogP contribution in [0.5, 0.6) is 0 Å². The first-order valence-corrected chi connectivity index (χ1v) is 13.2. The molecule has 0 atom stereocenters. The molecule has 3 heteroatoms. The fourth-order valence-electron chi connectivity index (χ4n) is 7.00. The highest BCUT2D eigenvalue weighted by Gasteiger charge is 2.31. The molecule has 2 heterocycles. The molecule has 0 bridgehead atoms. The van der Waals surface area contributed by atoms with Gasteiger partial charge in [-0.1, -0.05) is 50.3 Å². The summed E-state index contributed by atoms with van der Waals surface area (Å²) in [5, 5.41) is 1.54. The van der Waals surface area contributed by atoms with Crippen LogP contribution in [0.4, 0.5) is 4.39 Å². The number of halogens is 1. The number of furan rings is 1. The van der Waals surface area contributed by atoms with Crippen molar-refractivity contribution in [1.29, 1.82) is 0 Å². The summed E-state index contributed by atoms with van der Waals surface area (Å²) in [6.45, 7) is 1.98. The predicted molar refractivity (Wildman–Crippen MR) is 136 cm³/mol. The molecule has 2 aliphatic carbocycles. The summed E-state index contributed by atoms with van der Waals surface area (Å²) < 4.78 is 24.1. The van der Waals surface area contributed by atoms with E-state index in [0.29, 0.717) is 16.9 Å². The van der Waals surface area contributed by atoms with Crippen LogP contribution in [0.3, 0.4) is 0 Å². The zero-order chi connectivity index (χ0) is 23.2. The molecule has 4 aromatic rings. The van der Waals surface area contributed by atoms with Gasteiger partial charge in [-0.15, -0.1) is 0 Å². The number of hydrogen-bond acceptors (Lipinski definition) is 1. The monoisotopic (exact) mass is 456 g/mol. The Hall–Kier alpha value is -2.68. The van der Waals surface area contributed by atoms with Crippen LogP contribution >= 0.6 is 0 Å². The molecule has 6 rings (SSSR count). The normalized spacial score (nSPS) is 22.0. The maximum atomic E-state index is 15.4. The minimum absolute atomic E-state index is 0.188. The van der Waals surface area contributed by atoms with E-state index in [0.717, 1.165) is 39.6 Å². The molecule has 0 radical (unpaired) electrons. The zero-order valence-corrected chi connectivity index (χ0v) is 20.4. The second-order valence-corrected chi connectivity index (χ2v) is 10.8. The number of benzene rings is 2. The quantitative estimate of drug-likeness (QED) is 0.283. The highest BCUT2D eigenvalue weighted by molar-refractivity contribution is 6.10. The molecule has 0 unspecified atom stereocenters. The Kier molecular flexibility index (Phi) is 5.67. The lowest BCUT2D eigenvalue weighted by molar-refractivity contribution is -0.660. The van der Waals surface area contributed by atoms with Crippen molar-refractivity contribution < 1.29 is 13.4 Å². The molecule has 176 valence electrons. The second-order valence-electron chi connectivity index (χ2n) is 10.8. The number of rotatable bonds is 3. The maximum Gasteiger partial charge on any atom is 0.216 e. The Morgan fingerprint density at radius 2 is 1.62 bits per heavy atom. The Labute approximate surface area is 201 Å². The van der Waals surface area contributed by atoms with E-state index in [1.165, 1.54) is 63.4 Å². The van der Waals surface area contributed by atoms with Crippen LogP contribution in [-0.2, 0) is 7.05 Å². The van der Waals surface area contributed by atoms with Gasteiger partial charge in [0.2, 0.25) is 5.69 Å². The molecule has 2 aromatic heterocycles. The molecule has 2 aliphatic rings. The first-order valence-electron chi connectivity index (χ1n) is 13.2. The molecule has 0 spiro atoms. The van der Waals surface area contributed by atoms with Gasteiger partial charge in [-0.05, 0) is 73.6 Å². The lowest BCUT2D eigenvalue weighted by atomic mass is 9.70. The van der Waals surface area contributed by atoms with Gasteiger partial charge in [-0.2, -0.15) is 0 Å². The van der Waals surface area contributed by atoms with Gasteiger partial charge in [0.05, 0.1) is 10.9 Å². The number of aryl methyl sites for hydroxylation is 2. The summed E-state index contributed by atoms with van der Waals surface area (Å²) in [6.07, 6.45) is 14.3. The molecular formula is C31H35FNO+. The maximum absolute atomic E-state index is 15.4. The lowest BCUT2D eigenvalue weighted by Gasteiger charge is -2.36. The minimum atomic E-state index is -0.188. The molecule has 2 fully saturated rings.